The van der Waals surface area contributed by atoms with Crippen LogP contribution in [-0.4, -0.2) is 36.4 Å². The third kappa shape index (κ3) is 5.73. The van der Waals surface area contributed by atoms with Crippen molar-refractivity contribution in [3.05, 3.63) is 63.7 Å². The van der Waals surface area contributed by atoms with Crippen molar-refractivity contribution in [1.82, 2.24) is 10.2 Å². The van der Waals surface area contributed by atoms with Crippen molar-refractivity contribution in [2.24, 2.45) is 0 Å². The summed E-state index contributed by atoms with van der Waals surface area (Å²) in [4.78, 5) is 27.1. The Bertz CT molecular complexity index is 859. The third-order valence-electron chi connectivity index (χ3n) is 5.01. The second kappa shape index (κ2) is 10.3. The molecule has 2 aromatic carbocycles. The van der Waals surface area contributed by atoms with Crippen molar-refractivity contribution >= 4 is 23.4 Å². The number of hydrogen-bond acceptors (Lipinski definition) is 3. The molecule has 0 saturated heterocycles. The van der Waals surface area contributed by atoms with Crippen molar-refractivity contribution < 1.29 is 14.3 Å². The van der Waals surface area contributed by atoms with Gasteiger partial charge in [-0.3, -0.25) is 9.59 Å². The molecule has 0 bridgehead atoms. The van der Waals surface area contributed by atoms with Crippen LogP contribution in [0, 0.1) is 20.8 Å². The van der Waals surface area contributed by atoms with E-state index in [1.807, 2.05) is 64.1 Å². The number of carbonyl (C=O) groups excluding carboxylic acids is 2. The fraction of sp³-hybridized carbons (Fsp3) is 0.391. The number of benzene rings is 2. The van der Waals surface area contributed by atoms with Crippen molar-refractivity contribution in [2.75, 3.05) is 13.7 Å². The Morgan fingerprint density at radius 2 is 1.72 bits per heavy atom. The lowest BCUT2D eigenvalue weighted by Gasteiger charge is -2.30. The standard InChI is InChI=1S/C23H29ClN2O3/c1-6-20(23(28)25-5)26(13-18-10-8-7-9-15(18)2)21(27)14-29-19-11-16(3)22(24)17(4)12-19/h7-12,20H,6,13-14H2,1-5H3,(H,25,28)/t20-/m0/s1. The number of hydrogen-bond donors (Lipinski definition) is 1. The highest BCUT2D eigenvalue weighted by atomic mass is 35.5. The molecule has 2 amide bonds. The van der Waals surface area contributed by atoms with Gasteiger partial charge in [0.1, 0.15) is 11.8 Å². The molecule has 29 heavy (non-hydrogen) atoms. The van der Waals surface area contributed by atoms with Crippen LogP contribution in [0.3, 0.4) is 0 Å². The van der Waals surface area contributed by atoms with E-state index in [-0.39, 0.29) is 18.4 Å². The summed E-state index contributed by atoms with van der Waals surface area (Å²) in [5, 5.41) is 3.35. The van der Waals surface area contributed by atoms with Crippen LogP contribution in [0.2, 0.25) is 5.02 Å². The second-order valence-electron chi connectivity index (χ2n) is 7.15. The zero-order chi connectivity index (χ0) is 21.6. The Hall–Kier alpha value is -2.53. The monoisotopic (exact) mass is 416 g/mol. The zero-order valence-corrected chi connectivity index (χ0v) is 18.5. The maximum atomic E-state index is 13.1. The number of likely N-dealkylation sites (N-methyl/N-ethyl adjacent to an activating group) is 1. The highest BCUT2D eigenvalue weighted by molar-refractivity contribution is 6.32. The van der Waals surface area contributed by atoms with Gasteiger partial charge in [-0.15, -0.1) is 0 Å². The first-order chi connectivity index (χ1) is 13.8. The van der Waals surface area contributed by atoms with Crippen LogP contribution in [0.15, 0.2) is 36.4 Å². The molecular formula is C23H29ClN2O3. The van der Waals surface area contributed by atoms with Gasteiger partial charge in [0.05, 0.1) is 0 Å². The summed E-state index contributed by atoms with van der Waals surface area (Å²) in [5.74, 6) is 0.156. The fourth-order valence-corrected chi connectivity index (χ4v) is 3.38. The average Bonchev–Trinajstić information content (AvgIpc) is 2.70. The first-order valence-corrected chi connectivity index (χ1v) is 10.1. The van der Waals surface area contributed by atoms with Crippen LogP contribution < -0.4 is 10.1 Å². The number of ether oxygens (including phenoxy) is 1. The molecule has 0 saturated carbocycles. The van der Waals surface area contributed by atoms with E-state index in [1.165, 1.54) is 0 Å². The van der Waals surface area contributed by atoms with Crippen LogP contribution in [0.1, 0.15) is 35.6 Å². The lowest BCUT2D eigenvalue weighted by molar-refractivity contribution is -0.142. The van der Waals surface area contributed by atoms with Gasteiger partial charge in [0.2, 0.25) is 5.91 Å². The lowest BCUT2D eigenvalue weighted by atomic mass is 10.1. The summed E-state index contributed by atoms with van der Waals surface area (Å²) in [6, 6.07) is 10.9. The Morgan fingerprint density at radius 1 is 1.10 bits per heavy atom. The molecule has 0 heterocycles. The second-order valence-corrected chi connectivity index (χ2v) is 7.52. The molecule has 156 valence electrons. The number of nitrogens with zero attached hydrogens (tertiary/aromatic N) is 1. The van der Waals surface area contributed by atoms with Crippen LogP contribution >= 0.6 is 11.6 Å². The molecule has 2 aromatic rings. The molecule has 0 fully saturated rings. The number of nitrogens with one attached hydrogen (secondary N) is 1. The quantitative estimate of drug-likeness (QED) is 0.701. The van der Waals surface area contributed by atoms with Gasteiger partial charge in [0, 0.05) is 18.6 Å². The predicted octanol–water partition coefficient (Wildman–Crippen LogP) is 4.20. The normalized spacial score (nSPS) is 11.7. The smallest absolute Gasteiger partial charge is 0.261 e. The van der Waals surface area contributed by atoms with Gasteiger partial charge in [-0.25, -0.2) is 0 Å². The molecule has 5 nitrogen and oxygen atoms in total. The highest BCUT2D eigenvalue weighted by Crippen LogP contribution is 2.26. The maximum absolute atomic E-state index is 13.1. The van der Waals surface area contributed by atoms with Crippen LogP contribution in [-0.2, 0) is 16.1 Å². The Morgan fingerprint density at radius 3 is 2.28 bits per heavy atom. The average molecular weight is 417 g/mol. The van der Waals surface area contributed by atoms with E-state index in [0.29, 0.717) is 23.7 Å². The van der Waals surface area contributed by atoms with Gasteiger partial charge in [-0.05, 0) is 61.6 Å². The summed E-state index contributed by atoms with van der Waals surface area (Å²) in [6.07, 6.45) is 0.510. The van der Waals surface area contributed by atoms with Gasteiger partial charge >= 0.3 is 0 Å². The van der Waals surface area contributed by atoms with Crippen LogP contribution in [0.5, 0.6) is 5.75 Å². The fourth-order valence-electron chi connectivity index (χ4n) is 3.27. The van der Waals surface area contributed by atoms with Crippen LogP contribution in [0.25, 0.3) is 0 Å². The number of amides is 2. The van der Waals surface area contributed by atoms with Crippen LogP contribution in [0.4, 0.5) is 0 Å². The van der Waals surface area contributed by atoms with E-state index in [4.69, 9.17) is 16.3 Å². The molecule has 0 aliphatic heterocycles. The van der Waals surface area contributed by atoms with E-state index in [2.05, 4.69) is 5.32 Å². The Kier molecular flexibility index (Phi) is 8.09. The molecule has 6 heteroatoms. The van der Waals surface area contributed by atoms with E-state index in [1.54, 1.807) is 11.9 Å². The lowest BCUT2D eigenvalue weighted by Crippen LogP contribution is -2.49. The summed E-state index contributed by atoms with van der Waals surface area (Å²) >= 11 is 6.20. The van der Waals surface area contributed by atoms with Gasteiger partial charge < -0.3 is 15.0 Å². The zero-order valence-electron chi connectivity index (χ0n) is 17.7. The molecular weight excluding hydrogens is 388 g/mol. The van der Waals surface area contributed by atoms with E-state index >= 15 is 0 Å². The summed E-state index contributed by atoms with van der Waals surface area (Å²) in [6.45, 7) is 7.87. The van der Waals surface area contributed by atoms with Crippen molar-refractivity contribution in [3.63, 3.8) is 0 Å². The first-order valence-electron chi connectivity index (χ1n) is 9.73. The molecule has 1 atom stereocenters. The van der Waals surface area contributed by atoms with Crippen molar-refractivity contribution in [1.29, 1.82) is 0 Å². The minimum atomic E-state index is -0.565. The highest BCUT2D eigenvalue weighted by Gasteiger charge is 2.28. The van der Waals surface area contributed by atoms with Gasteiger partial charge in [0.15, 0.2) is 6.61 Å². The van der Waals surface area contributed by atoms with Crippen molar-refractivity contribution in [3.8, 4) is 5.75 Å². The van der Waals surface area contributed by atoms with Crippen molar-refractivity contribution in [2.45, 2.75) is 46.7 Å². The van der Waals surface area contributed by atoms with E-state index in [9.17, 15) is 9.59 Å². The summed E-state index contributed by atoms with van der Waals surface area (Å²) < 4.78 is 5.76. The van der Waals surface area contributed by atoms with Gasteiger partial charge in [-0.2, -0.15) is 0 Å². The maximum Gasteiger partial charge on any atom is 0.261 e. The van der Waals surface area contributed by atoms with Gasteiger partial charge in [-0.1, -0.05) is 42.8 Å². The Labute approximate surface area is 178 Å². The molecule has 0 spiro atoms. The number of carbonyl (C=O) groups is 2. The molecule has 0 radical (unpaired) electrons. The van der Waals surface area contributed by atoms with Gasteiger partial charge in [0.25, 0.3) is 5.91 Å². The third-order valence-corrected chi connectivity index (χ3v) is 5.60. The minimum absolute atomic E-state index is 0.153. The van der Waals surface area contributed by atoms with E-state index < -0.39 is 6.04 Å². The largest absolute Gasteiger partial charge is 0.484 e. The minimum Gasteiger partial charge on any atom is -0.484 e. The summed E-state index contributed by atoms with van der Waals surface area (Å²) in [5.41, 5.74) is 3.86. The molecule has 0 aliphatic carbocycles. The number of halogens is 1. The predicted molar refractivity (Wildman–Crippen MR) is 116 cm³/mol. The Balaban J connectivity index is 2.24. The molecule has 2 rings (SSSR count). The SMILES string of the molecule is CC[C@@H](C(=O)NC)N(Cc1ccccc1C)C(=O)COc1cc(C)c(Cl)c(C)c1. The summed E-state index contributed by atoms with van der Waals surface area (Å²) in [7, 11) is 1.58. The molecule has 1 N–H and O–H groups in total. The molecule has 0 aromatic heterocycles. The molecule has 0 unspecified atom stereocenters. The first kappa shape index (κ1) is 22.8. The molecule has 0 aliphatic rings. The number of rotatable bonds is 8. The topological polar surface area (TPSA) is 58.6 Å². The van der Waals surface area contributed by atoms with E-state index in [0.717, 1.165) is 22.3 Å². The number of aryl methyl sites for hydroxylation is 3.